The number of anilines is 4. The van der Waals surface area contributed by atoms with E-state index in [0.717, 1.165) is 24.8 Å². The summed E-state index contributed by atoms with van der Waals surface area (Å²) in [5.74, 6) is -1.04. The molecule has 0 spiro atoms. The van der Waals surface area contributed by atoms with Crippen LogP contribution in [0.25, 0.3) is 11.3 Å². The number of halogens is 3. The lowest BCUT2D eigenvalue weighted by atomic mass is 10.1. The summed E-state index contributed by atoms with van der Waals surface area (Å²) in [5, 5.41) is 14.8. The quantitative estimate of drug-likeness (QED) is 0.200. The third-order valence-electron chi connectivity index (χ3n) is 8.02. The highest BCUT2D eigenvalue weighted by atomic mass is 19.4. The predicted molar refractivity (Wildman–Crippen MR) is 174 cm³/mol. The summed E-state index contributed by atoms with van der Waals surface area (Å²) < 4.78 is 45.7. The van der Waals surface area contributed by atoms with Crippen molar-refractivity contribution in [3.8, 4) is 11.3 Å². The molecule has 2 amide bonds. The number of rotatable bonds is 7. The maximum absolute atomic E-state index is 13.4. The smallest absolute Gasteiger partial charge is 0.416 e. The molecule has 12 nitrogen and oxygen atoms in total. The van der Waals surface area contributed by atoms with Crippen molar-refractivity contribution in [3.05, 3.63) is 89.7 Å². The SMILES string of the molecule is CC(C)(C)OC(=O)N1C[C@@H]2C[C@H]1CN2c1cc(-c2cc(NC(=O)c3ccc(C(=O)O)cc3)cc(Nc3cc(C(F)(F)F)ccn3)n2)ccn1. The second kappa shape index (κ2) is 12.7. The molecule has 49 heavy (non-hydrogen) atoms. The van der Waals surface area contributed by atoms with Gasteiger partial charge in [-0.1, -0.05) is 0 Å². The van der Waals surface area contributed by atoms with E-state index in [1.54, 1.807) is 23.2 Å². The summed E-state index contributed by atoms with van der Waals surface area (Å²) in [5.41, 5.74) is -0.0589. The van der Waals surface area contributed by atoms with E-state index in [1.165, 1.54) is 30.3 Å². The Labute approximate surface area is 279 Å². The average molecular weight is 676 g/mol. The van der Waals surface area contributed by atoms with Gasteiger partial charge >= 0.3 is 18.2 Å². The van der Waals surface area contributed by atoms with Gasteiger partial charge in [0.05, 0.1) is 28.9 Å². The molecule has 0 radical (unpaired) electrons. The number of hydrogen-bond donors (Lipinski definition) is 3. The second-order valence-electron chi connectivity index (χ2n) is 12.7. The lowest BCUT2D eigenvalue weighted by Crippen LogP contribution is -2.50. The van der Waals surface area contributed by atoms with Gasteiger partial charge in [0.15, 0.2) is 0 Å². The van der Waals surface area contributed by atoms with E-state index in [9.17, 15) is 32.7 Å². The number of piperazine rings is 1. The Balaban J connectivity index is 1.28. The lowest BCUT2D eigenvalue weighted by molar-refractivity contribution is -0.137. The molecule has 2 fully saturated rings. The molecule has 6 rings (SSSR count). The fourth-order valence-electron chi connectivity index (χ4n) is 5.82. The number of fused-ring (bicyclic) bond motifs is 2. The number of amides is 2. The number of alkyl halides is 3. The van der Waals surface area contributed by atoms with Crippen LogP contribution in [0.3, 0.4) is 0 Å². The van der Waals surface area contributed by atoms with Gasteiger partial charge in [0.2, 0.25) is 0 Å². The first-order valence-corrected chi connectivity index (χ1v) is 15.3. The maximum atomic E-state index is 13.4. The molecule has 15 heteroatoms. The number of nitrogens with zero attached hydrogens (tertiary/aromatic N) is 5. The standard InChI is InChI=1S/C34H32F3N7O5/c1-33(2,3)49-32(48)44-18-24-16-25(44)17-43(24)29-12-21(8-10-39-29)26-14-23(40-30(45)19-4-6-20(7-5-19)31(46)47)15-28(41-26)42-27-13-22(9-11-38-27)34(35,36)37/h4-15,24-25H,16-18H2,1-3H3,(H,46,47)(H2,38,40,41,42,45)/t24-,25-/m0/s1. The minimum absolute atomic E-state index is 0.0140. The van der Waals surface area contributed by atoms with Crippen LogP contribution >= 0.6 is 0 Å². The first kappa shape index (κ1) is 33.2. The number of hydrogen-bond acceptors (Lipinski definition) is 9. The number of carboxylic acids is 1. The largest absolute Gasteiger partial charge is 0.478 e. The van der Waals surface area contributed by atoms with Crippen molar-refractivity contribution in [2.75, 3.05) is 28.6 Å². The van der Waals surface area contributed by atoms with Crippen molar-refractivity contribution in [2.24, 2.45) is 0 Å². The molecule has 2 bridgehead atoms. The van der Waals surface area contributed by atoms with E-state index in [0.29, 0.717) is 30.2 Å². The van der Waals surface area contributed by atoms with Crippen molar-refractivity contribution in [1.82, 2.24) is 19.9 Å². The summed E-state index contributed by atoms with van der Waals surface area (Å²) >= 11 is 0. The van der Waals surface area contributed by atoms with Crippen LogP contribution in [0.2, 0.25) is 0 Å². The highest BCUT2D eigenvalue weighted by Crippen LogP contribution is 2.36. The monoisotopic (exact) mass is 675 g/mol. The molecule has 254 valence electrons. The molecule has 0 aliphatic carbocycles. The van der Waals surface area contributed by atoms with E-state index in [-0.39, 0.29) is 46.6 Å². The van der Waals surface area contributed by atoms with Crippen molar-refractivity contribution in [2.45, 2.75) is 51.1 Å². The summed E-state index contributed by atoms with van der Waals surface area (Å²) in [7, 11) is 0. The summed E-state index contributed by atoms with van der Waals surface area (Å²) in [6.45, 7) is 6.51. The molecule has 2 aliphatic heterocycles. The zero-order chi connectivity index (χ0) is 35.1. The third kappa shape index (κ3) is 7.55. The van der Waals surface area contributed by atoms with Gasteiger partial charge in [-0.05, 0) is 81.8 Å². The van der Waals surface area contributed by atoms with E-state index in [2.05, 4.69) is 30.5 Å². The summed E-state index contributed by atoms with van der Waals surface area (Å²) in [4.78, 5) is 54.2. The van der Waals surface area contributed by atoms with Crippen LogP contribution in [0.15, 0.2) is 73.1 Å². The van der Waals surface area contributed by atoms with Gasteiger partial charge in [0.25, 0.3) is 5.91 Å². The Morgan fingerprint density at radius 1 is 0.878 bits per heavy atom. The molecule has 1 aromatic carbocycles. The molecular formula is C34H32F3N7O5. The first-order chi connectivity index (χ1) is 23.1. The van der Waals surface area contributed by atoms with Gasteiger partial charge in [-0.25, -0.2) is 24.5 Å². The highest BCUT2D eigenvalue weighted by Gasteiger charge is 2.47. The highest BCUT2D eigenvalue weighted by molar-refractivity contribution is 6.05. The maximum Gasteiger partial charge on any atom is 0.416 e. The Morgan fingerprint density at radius 2 is 1.59 bits per heavy atom. The molecule has 3 aromatic heterocycles. The first-order valence-electron chi connectivity index (χ1n) is 15.3. The number of pyridine rings is 3. The van der Waals surface area contributed by atoms with Crippen LogP contribution in [-0.4, -0.2) is 73.7 Å². The Hall–Kier alpha value is -5.73. The van der Waals surface area contributed by atoms with Crippen molar-refractivity contribution in [1.29, 1.82) is 0 Å². The van der Waals surface area contributed by atoms with Crippen LogP contribution < -0.4 is 15.5 Å². The van der Waals surface area contributed by atoms with Crippen LogP contribution in [-0.2, 0) is 10.9 Å². The number of carbonyl (C=O) groups is 3. The van der Waals surface area contributed by atoms with E-state index in [4.69, 9.17) is 4.74 Å². The Kier molecular flexibility index (Phi) is 8.61. The van der Waals surface area contributed by atoms with Gasteiger partial charge in [-0.3, -0.25) is 4.79 Å². The topological polar surface area (TPSA) is 150 Å². The van der Waals surface area contributed by atoms with Gasteiger partial charge in [0, 0.05) is 48.4 Å². The van der Waals surface area contributed by atoms with Crippen molar-refractivity contribution >= 4 is 41.1 Å². The van der Waals surface area contributed by atoms with Gasteiger partial charge < -0.3 is 30.3 Å². The summed E-state index contributed by atoms with van der Waals surface area (Å²) in [6.07, 6.45) is -1.54. The zero-order valence-corrected chi connectivity index (χ0v) is 26.7. The second-order valence-corrected chi connectivity index (χ2v) is 12.7. The molecule has 3 N–H and O–H groups in total. The van der Waals surface area contributed by atoms with Gasteiger partial charge in [-0.15, -0.1) is 0 Å². The number of benzene rings is 1. The number of carboxylic acid groups (broad SMARTS) is 1. The normalized spacial score (nSPS) is 17.2. The average Bonchev–Trinajstić information content (AvgIpc) is 3.66. The van der Waals surface area contributed by atoms with Crippen molar-refractivity contribution in [3.63, 3.8) is 0 Å². The minimum Gasteiger partial charge on any atom is -0.478 e. The van der Waals surface area contributed by atoms with Gasteiger partial charge in [-0.2, -0.15) is 13.2 Å². The fraction of sp³-hybridized carbons (Fsp3) is 0.294. The molecule has 2 saturated heterocycles. The zero-order valence-electron chi connectivity index (χ0n) is 26.7. The lowest BCUT2D eigenvalue weighted by Gasteiger charge is -2.35. The van der Waals surface area contributed by atoms with Gasteiger partial charge in [0.1, 0.15) is 23.1 Å². The number of likely N-dealkylation sites (tertiary alicyclic amines) is 1. The minimum atomic E-state index is -4.59. The molecule has 0 saturated carbocycles. The van der Waals surface area contributed by atoms with Crippen LogP contribution in [0.1, 0.15) is 53.5 Å². The Morgan fingerprint density at radius 3 is 2.24 bits per heavy atom. The van der Waals surface area contributed by atoms with Crippen molar-refractivity contribution < 1.29 is 37.4 Å². The molecule has 0 unspecified atom stereocenters. The number of carbonyl (C=O) groups excluding carboxylic acids is 2. The third-order valence-corrected chi connectivity index (χ3v) is 8.02. The Bertz CT molecular complexity index is 1910. The van der Waals surface area contributed by atoms with E-state index < -0.39 is 29.2 Å². The molecule has 4 aromatic rings. The van der Waals surface area contributed by atoms with E-state index >= 15 is 0 Å². The number of ether oxygens (including phenoxy) is 1. The fourth-order valence-corrected chi connectivity index (χ4v) is 5.82. The van der Waals surface area contributed by atoms with Crippen LogP contribution in [0.5, 0.6) is 0 Å². The molecule has 5 heterocycles. The number of nitrogens with one attached hydrogen (secondary N) is 2. The molecule has 2 aliphatic rings. The number of aromatic nitrogens is 3. The molecular weight excluding hydrogens is 643 g/mol. The summed E-state index contributed by atoms with van der Waals surface area (Å²) in [6, 6.07) is 13.6. The number of aromatic carboxylic acids is 1. The molecule has 2 atom stereocenters. The van der Waals surface area contributed by atoms with Crippen LogP contribution in [0, 0.1) is 0 Å². The van der Waals surface area contributed by atoms with Crippen LogP contribution in [0.4, 0.5) is 41.1 Å². The predicted octanol–water partition coefficient (Wildman–Crippen LogP) is 6.45. The van der Waals surface area contributed by atoms with E-state index in [1.807, 2.05) is 26.8 Å².